The molecular weight excluding hydrogens is 154 g/mol. The summed E-state index contributed by atoms with van der Waals surface area (Å²) >= 11 is 0. The summed E-state index contributed by atoms with van der Waals surface area (Å²) in [6.07, 6.45) is 1.09. The van der Waals surface area contributed by atoms with E-state index in [2.05, 4.69) is 19.2 Å². The highest BCUT2D eigenvalue weighted by atomic mass is 16.5. The highest BCUT2D eigenvalue weighted by Gasteiger charge is 2.12. The normalized spacial score (nSPS) is 16.0. The zero-order valence-electron chi connectivity index (χ0n) is 8.34. The van der Waals surface area contributed by atoms with E-state index in [0.29, 0.717) is 12.5 Å². The maximum Gasteiger partial charge on any atom is 0.0587 e. The van der Waals surface area contributed by atoms with Crippen molar-refractivity contribution in [1.82, 2.24) is 5.32 Å². The van der Waals surface area contributed by atoms with Crippen LogP contribution < -0.4 is 5.32 Å². The predicted molar refractivity (Wildman–Crippen MR) is 50.2 cm³/mol. The fraction of sp³-hybridized carbons (Fsp3) is 1.00. The average molecular weight is 175 g/mol. The number of ether oxygens (including phenoxy) is 1. The number of methoxy groups -OCH3 is 1. The van der Waals surface area contributed by atoms with Gasteiger partial charge in [-0.05, 0) is 5.92 Å². The van der Waals surface area contributed by atoms with Gasteiger partial charge in [0.25, 0.3) is 0 Å². The topological polar surface area (TPSA) is 41.5 Å². The zero-order chi connectivity index (χ0) is 9.40. The summed E-state index contributed by atoms with van der Waals surface area (Å²) in [4.78, 5) is 0. The van der Waals surface area contributed by atoms with Gasteiger partial charge in [-0.15, -0.1) is 0 Å². The van der Waals surface area contributed by atoms with Crippen LogP contribution in [0.3, 0.4) is 0 Å². The molecule has 0 heterocycles. The number of aliphatic hydroxyl groups is 1. The van der Waals surface area contributed by atoms with Crippen LogP contribution in [0.25, 0.3) is 0 Å². The lowest BCUT2D eigenvalue weighted by Gasteiger charge is -2.21. The van der Waals surface area contributed by atoms with E-state index in [-0.39, 0.29) is 12.6 Å². The highest BCUT2D eigenvalue weighted by molar-refractivity contribution is 4.70. The Bertz CT molecular complexity index is 98.5. The Kier molecular flexibility index (Phi) is 7.45. The molecule has 2 unspecified atom stereocenters. The zero-order valence-corrected chi connectivity index (χ0v) is 8.34. The highest BCUT2D eigenvalue weighted by Crippen LogP contribution is 2.06. The first kappa shape index (κ1) is 11.9. The minimum absolute atomic E-state index is 0.207. The summed E-state index contributed by atoms with van der Waals surface area (Å²) in [5.74, 6) is 0.520. The molecule has 0 aromatic carbocycles. The first-order valence-electron chi connectivity index (χ1n) is 4.59. The van der Waals surface area contributed by atoms with Crippen LogP contribution in [0.1, 0.15) is 20.3 Å². The second-order valence-corrected chi connectivity index (χ2v) is 3.12. The van der Waals surface area contributed by atoms with Gasteiger partial charge in [0.15, 0.2) is 0 Å². The van der Waals surface area contributed by atoms with Crippen LogP contribution in [-0.2, 0) is 4.74 Å². The third-order valence-electron chi connectivity index (χ3n) is 2.24. The standard InChI is InChI=1S/C9H21NO2/c1-4-8(2)9(7-11)10-5-6-12-3/h8-11H,4-7H2,1-3H3. The van der Waals surface area contributed by atoms with E-state index in [1.54, 1.807) is 7.11 Å². The van der Waals surface area contributed by atoms with Gasteiger partial charge in [0.05, 0.1) is 13.2 Å². The number of rotatable bonds is 7. The Morgan fingerprint density at radius 2 is 2.17 bits per heavy atom. The molecule has 0 bridgehead atoms. The minimum Gasteiger partial charge on any atom is -0.395 e. The van der Waals surface area contributed by atoms with E-state index in [4.69, 9.17) is 9.84 Å². The van der Waals surface area contributed by atoms with E-state index < -0.39 is 0 Å². The maximum absolute atomic E-state index is 9.02. The second-order valence-electron chi connectivity index (χ2n) is 3.12. The molecule has 2 atom stereocenters. The Hall–Kier alpha value is -0.120. The van der Waals surface area contributed by atoms with E-state index in [9.17, 15) is 0 Å². The Balaban J connectivity index is 3.52. The van der Waals surface area contributed by atoms with Crippen molar-refractivity contribution in [1.29, 1.82) is 0 Å². The molecule has 0 spiro atoms. The van der Waals surface area contributed by atoms with Crippen molar-refractivity contribution in [3.63, 3.8) is 0 Å². The SMILES string of the molecule is CCC(C)C(CO)NCCOC. The van der Waals surface area contributed by atoms with E-state index in [0.717, 1.165) is 13.0 Å². The molecule has 12 heavy (non-hydrogen) atoms. The van der Waals surface area contributed by atoms with Gasteiger partial charge in [0.2, 0.25) is 0 Å². The molecule has 0 saturated heterocycles. The third kappa shape index (κ3) is 4.70. The molecule has 0 aromatic rings. The molecular formula is C9H21NO2. The van der Waals surface area contributed by atoms with Gasteiger partial charge in [-0.25, -0.2) is 0 Å². The summed E-state index contributed by atoms with van der Waals surface area (Å²) in [6.45, 7) is 5.99. The average Bonchev–Trinajstić information content (AvgIpc) is 2.11. The number of nitrogens with one attached hydrogen (secondary N) is 1. The molecule has 0 aliphatic rings. The summed E-state index contributed by atoms with van der Waals surface area (Å²) < 4.78 is 4.91. The van der Waals surface area contributed by atoms with Crippen LogP contribution in [0.15, 0.2) is 0 Å². The smallest absolute Gasteiger partial charge is 0.0587 e. The van der Waals surface area contributed by atoms with Crippen molar-refractivity contribution in [2.24, 2.45) is 5.92 Å². The van der Waals surface area contributed by atoms with Gasteiger partial charge < -0.3 is 15.2 Å². The molecule has 0 fully saturated rings. The van der Waals surface area contributed by atoms with Crippen LogP contribution in [0, 0.1) is 5.92 Å². The second kappa shape index (κ2) is 7.53. The van der Waals surface area contributed by atoms with Crippen molar-refractivity contribution < 1.29 is 9.84 Å². The molecule has 0 aliphatic carbocycles. The Morgan fingerprint density at radius 3 is 2.58 bits per heavy atom. The molecule has 3 heteroatoms. The quantitative estimate of drug-likeness (QED) is 0.558. The fourth-order valence-electron chi connectivity index (χ4n) is 1.08. The summed E-state index contributed by atoms with van der Waals surface area (Å²) in [5, 5.41) is 12.3. The number of hydrogen-bond acceptors (Lipinski definition) is 3. The van der Waals surface area contributed by atoms with Gasteiger partial charge in [-0.1, -0.05) is 20.3 Å². The lowest BCUT2D eigenvalue weighted by atomic mass is 10.00. The summed E-state index contributed by atoms with van der Waals surface area (Å²) in [5.41, 5.74) is 0. The molecule has 2 N–H and O–H groups in total. The number of hydrogen-bond donors (Lipinski definition) is 2. The van der Waals surface area contributed by atoms with E-state index >= 15 is 0 Å². The molecule has 0 amide bonds. The third-order valence-corrected chi connectivity index (χ3v) is 2.24. The first-order valence-corrected chi connectivity index (χ1v) is 4.59. The van der Waals surface area contributed by atoms with Crippen molar-refractivity contribution >= 4 is 0 Å². The molecule has 3 nitrogen and oxygen atoms in total. The molecule has 74 valence electrons. The molecule has 0 aliphatic heterocycles. The van der Waals surface area contributed by atoms with Crippen molar-refractivity contribution in [2.45, 2.75) is 26.3 Å². The van der Waals surface area contributed by atoms with E-state index in [1.807, 2.05) is 0 Å². The molecule has 0 aromatic heterocycles. The monoisotopic (exact) mass is 175 g/mol. The number of aliphatic hydroxyl groups excluding tert-OH is 1. The molecule has 0 rings (SSSR count). The van der Waals surface area contributed by atoms with Crippen LogP contribution in [0.4, 0.5) is 0 Å². The van der Waals surface area contributed by atoms with Crippen molar-refractivity contribution in [3.8, 4) is 0 Å². The maximum atomic E-state index is 9.02. The lowest BCUT2D eigenvalue weighted by Crippen LogP contribution is -2.39. The van der Waals surface area contributed by atoms with Crippen molar-refractivity contribution in [3.05, 3.63) is 0 Å². The van der Waals surface area contributed by atoms with Gasteiger partial charge in [0.1, 0.15) is 0 Å². The Labute approximate surface area is 75.1 Å². The van der Waals surface area contributed by atoms with Gasteiger partial charge in [0, 0.05) is 19.7 Å². The van der Waals surface area contributed by atoms with E-state index in [1.165, 1.54) is 0 Å². The predicted octanol–water partition coefficient (Wildman–Crippen LogP) is 0.629. The van der Waals surface area contributed by atoms with Gasteiger partial charge in [-0.2, -0.15) is 0 Å². The molecule has 0 saturated carbocycles. The van der Waals surface area contributed by atoms with Crippen LogP contribution in [-0.4, -0.2) is 38.0 Å². The van der Waals surface area contributed by atoms with Crippen molar-refractivity contribution in [2.75, 3.05) is 26.9 Å². The Morgan fingerprint density at radius 1 is 1.50 bits per heavy atom. The van der Waals surface area contributed by atoms with Gasteiger partial charge >= 0.3 is 0 Å². The summed E-state index contributed by atoms with van der Waals surface area (Å²) in [6, 6.07) is 0.213. The van der Waals surface area contributed by atoms with Crippen LogP contribution in [0.5, 0.6) is 0 Å². The first-order chi connectivity index (χ1) is 5.76. The fourth-order valence-corrected chi connectivity index (χ4v) is 1.08. The largest absolute Gasteiger partial charge is 0.395 e. The minimum atomic E-state index is 0.207. The van der Waals surface area contributed by atoms with Crippen LogP contribution >= 0.6 is 0 Å². The summed E-state index contributed by atoms with van der Waals surface area (Å²) in [7, 11) is 1.68. The lowest BCUT2D eigenvalue weighted by molar-refractivity contribution is 0.167. The van der Waals surface area contributed by atoms with Crippen LogP contribution in [0.2, 0.25) is 0 Å². The molecule has 0 radical (unpaired) electrons. The van der Waals surface area contributed by atoms with Gasteiger partial charge in [-0.3, -0.25) is 0 Å².